The van der Waals surface area contributed by atoms with E-state index in [0.29, 0.717) is 0 Å². The quantitative estimate of drug-likeness (QED) is 0.858. The Kier molecular flexibility index (Phi) is 4.43. The molecule has 1 aromatic carbocycles. The van der Waals surface area contributed by atoms with Crippen LogP contribution in [0, 0.1) is 0 Å². The Balaban J connectivity index is 2.75. The van der Waals surface area contributed by atoms with Crippen LogP contribution in [0.1, 0.15) is 19.4 Å². The minimum Gasteiger partial charge on any atom is -0.435 e. The monoisotopic (exact) mass is 227 g/mol. The molecule has 4 heteroatoms. The van der Waals surface area contributed by atoms with Gasteiger partial charge in [0.1, 0.15) is 5.75 Å². The van der Waals surface area contributed by atoms with Crippen LogP contribution in [-0.4, -0.2) is 12.7 Å². The second-order valence-electron chi connectivity index (χ2n) is 3.62. The van der Waals surface area contributed by atoms with E-state index in [1.165, 1.54) is 12.1 Å². The second kappa shape index (κ2) is 5.61. The molecule has 88 valence electrons. The highest BCUT2D eigenvalue weighted by molar-refractivity contribution is 5.54. The molecule has 0 saturated carbocycles. The molecular formula is C12H15F2NO. The Labute approximate surface area is 93.7 Å². The molecule has 0 aliphatic rings. The van der Waals surface area contributed by atoms with Crippen molar-refractivity contribution >= 4 is 6.08 Å². The predicted octanol–water partition coefficient (Wildman–Crippen LogP) is 3.04. The summed E-state index contributed by atoms with van der Waals surface area (Å²) in [5.74, 6) is 0.158. The highest BCUT2D eigenvalue weighted by Crippen LogP contribution is 2.16. The normalized spacial score (nSPS) is 14.0. The van der Waals surface area contributed by atoms with Crippen molar-refractivity contribution < 1.29 is 13.5 Å². The first kappa shape index (κ1) is 12.6. The zero-order valence-electron chi connectivity index (χ0n) is 9.28. The van der Waals surface area contributed by atoms with Crippen molar-refractivity contribution in [2.75, 3.05) is 0 Å². The topological polar surface area (TPSA) is 35.2 Å². The van der Waals surface area contributed by atoms with Crippen molar-refractivity contribution in [1.82, 2.24) is 0 Å². The Morgan fingerprint density at radius 1 is 1.31 bits per heavy atom. The first-order valence-electron chi connectivity index (χ1n) is 4.97. The summed E-state index contributed by atoms with van der Waals surface area (Å²) < 4.78 is 28.0. The Morgan fingerprint density at radius 2 is 1.88 bits per heavy atom. The molecule has 0 fully saturated rings. The third-order valence-corrected chi connectivity index (χ3v) is 2.22. The van der Waals surface area contributed by atoms with Crippen LogP contribution >= 0.6 is 0 Å². The van der Waals surface area contributed by atoms with Crippen LogP contribution in [0.4, 0.5) is 8.78 Å². The number of halogens is 2. The summed E-state index contributed by atoms with van der Waals surface area (Å²) in [4.78, 5) is 0. The molecule has 1 unspecified atom stereocenters. The fraction of sp³-hybridized carbons (Fsp3) is 0.333. The van der Waals surface area contributed by atoms with Crippen LogP contribution in [0.2, 0.25) is 0 Å². The van der Waals surface area contributed by atoms with Crippen LogP contribution in [-0.2, 0) is 0 Å². The van der Waals surface area contributed by atoms with Gasteiger partial charge in [0, 0.05) is 6.04 Å². The van der Waals surface area contributed by atoms with Gasteiger partial charge in [-0.2, -0.15) is 8.78 Å². The van der Waals surface area contributed by atoms with Crippen molar-refractivity contribution in [3.63, 3.8) is 0 Å². The summed E-state index contributed by atoms with van der Waals surface area (Å²) in [7, 11) is 0. The lowest BCUT2D eigenvalue weighted by Crippen LogP contribution is -2.15. The largest absolute Gasteiger partial charge is 0.435 e. The number of ether oxygens (including phenoxy) is 1. The third kappa shape index (κ3) is 3.98. The van der Waals surface area contributed by atoms with E-state index in [9.17, 15) is 8.78 Å². The zero-order valence-corrected chi connectivity index (χ0v) is 9.28. The van der Waals surface area contributed by atoms with E-state index in [4.69, 9.17) is 5.73 Å². The van der Waals surface area contributed by atoms with Crippen LogP contribution in [0.5, 0.6) is 5.75 Å². The SMILES string of the molecule is C/C(=C\c1ccc(OC(F)F)cc1)C(C)N. The van der Waals surface area contributed by atoms with E-state index < -0.39 is 6.61 Å². The van der Waals surface area contributed by atoms with E-state index in [1.807, 2.05) is 19.9 Å². The fourth-order valence-electron chi connectivity index (χ4n) is 1.14. The van der Waals surface area contributed by atoms with Gasteiger partial charge in [-0.25, -0.2) is 0 Å². The summed E-state index contributed by atoms with van der Waals surface area (Å²) in [6, 6.07) is 6.42. The average Bonchev–Trinajstić information content (AvgIpc) is 2.20. The van der Waals surface area contributed by atoms with E-state index in [-0.39, 0.29) is 11.8 Å². The van der Waals surface area contributed by atoms with Crippen LogP contribution < -0.4 is 10.5 Å². The molecule has 2 nitrogen and oxygen atoms in total. The van der Waals surface area contributed by atoms with Crippen molar-refractivity contribution in [3.8, 4) is 5.75 Å². The molecule has 0 aromatic heterocycles. The number of alkyl halides is 2. The number of nitrogens with two attached hydrogens (primary N) is 1. The molecule has 0 amide bonds. The van der Waals surface area contributed by atoms with E-state index in [2.05, 4.69) is 4.74 Å². The summed E-state index contributed by atoms with van der Waals surface area (Å²) in [5, 5.41) is 0. The van der Waals surface area contributed by atoms with E-state index in [1.54, 1.807) is 12.1 Å². The predicted molar refractivity (Wildman–Crippen MR) is 60.4 cm³/mol. The van der Waals surface area contributed by atoms with Gasteiger partial charge in [0.2, 0.25) is 0 Å². The Bertz CT molecular complexity index is 358. The molecular weight excluding hydrogens is 212 g/mol. The lowest BCUT2D eigenvalue weighted by molar-refractivity contribution is -0.0498. The summed E-state index contributed by atoms with van der Waals surface area (Å²) >= 11 is 0. The molecule has 2 N–H and O–H groups in total. The molecule has 0 bridgehead atoms. The molecule has 16 heavy (non-hydrogen) atoms. The fourth-order valence-corrected chi connectivity index (χ4v) is 1.14. The molecule has 0 heterocycles. The molecule has 0 spiro atoms. The minimum atomic E-state index is -2.79. The first-order chi connectivity index (χ1) is 7.49. The minimum absolute atomic E-state index is 0.0167. The summed E-state index contributed by atoms with van der Waals surface area (Å²) in [6.07, 6.45) is 1.91. The number of rotatable bonds is 4. The number of hydrogen-bond acceptors (Lipinski definition) is 2. The Morgan fingerprint density at radius 3 is 2.31 bits per heavy atom. The number of hydrogen-bond donors (Lipinski definition) is 1. The van der Waals surface area contributed by atoms with E-state index in [0.717, 1.165) is 11.1 Å². The maximum absolute atomic E-state index is 11.9. The second-order valence-corrected chi connectivity index (χ2v) is 3.62. The molecule has 0 aliphatic heterocycles. The highest BCUT2D eigenvalue weighted by Gasteiger charge is 2.03. The van der Waals surface area contributed by atoms with Gasteiger partial charge in [-0.05, 0) is 31.5 Å². The molecule has 0 radical (unpaired) electrons. The van der Waals surface area contributed by atoms with Crippen molar-refractivity contribution in [2.45, 2.75) is 26.5 Å². The zero-order chi connectivity index (χ0) is 12.1. The van der Waals surface area contributed by atoms with Crippen molar-refractivity contribution in [2.24, 2.45) is 5.73 Å². The van der Waals surface area contributed by atoms with Crippen LogP contribution in [0.25, 0.3) is 6.08 Å². The van der Waals surface area contributed by atoms with Crippen molar-refractivity contribution in [3.05, 3.63) is 35.4 Å². The maximum Gasteiger partial charge on any atom is 0.387 e. The lowest BCUT2D eigenvalue weighted by Gasteiger charge is -2.06. The molecule has 1 rings (SSSR count). The van der Waals surface area contributed by atoms with Gasteiger partial charge < -0.3 is 10.5 Å². The summed E-state index contributed by atoms with van der Waals surface area (Å²) in [5.41, 5.74) is 7.63. The smallest absolute Gasteiger partial charge is 0.387 e. The standard InChI is InChI=1S/C12H15F2NO/c1-8(9(2)15)7-10-3-5-11(6-4-10)16-12(13)14/h3-7,9,12H,15H2,1-2H3/b8-7+. The molecule has 0 saturated heterocycles. The highest BCUT2D eigenvalue weighted by atomic mass is 19.3. The average molecular weight is 227 g/mol. The summed E-state index contributed by atoms with van der Waals surface area (Å²) in [6.45, 7) is 1.03. The van der Waals surface area contributed by atoms with E-state index >= 15 is 0 Å². The van der Waals surface area contributed by atoms with Gasteiger partial charge >= 0.3 is 6.61 Å². The Hall–Kier alpha value is -1.42. The molecule has 1 atom stereocenters. The third-order valence-electron chi connectivity index (χ3n) is 2.22. The van der Waals surface area contributed by atoms with Gasteiger partial charge in [0.25, 0.3) is 0 Å². The lowest BCUT2D eigenvalue weighted by atomic mass is 10.1. The van der Waals surface area contributed by atoms with Crippen LogP contribution in [0.15, 0.2) is 29.8 Å². The van der Waals surface area contributed by atoms with Gasteiger partial charge in [-0.1, -0.05) is 23.8 Å². The maximum atomic E-state index is 11.9. The molecule has 0 aliphatic carbocycles. The van der Waals surface area contributed by atoms with Gasteiger partial charge in [-0.15, -0.1) is 0 Å². The van der Waals surface area contributed by atoms with Gasteiger partial charge in [0.05, 0.1) is 0 Å². The molecule has 1 aromatic rings. The first-order valence-corrected chi connectivity index (χ1v) is 4.97. The van der Waals surface area contributed by atoms with Gasteiger partial charge in [-0.3, -0.25) is 0 Å². The van der Waals surface area contributed by atoms with Crippen molar-refractivity contribution in [1.29, 1.82) is 0 Å². The van der Waals surface area contributed by atoms with Crippen LogP contribution in [0.3, 0.4) is 0 Å². The van der Waals surface area contributed by atoms with Gasteiger partial charge in [0.15, 0.2) is 0 Å². The number of benzene rings is 1.